The second-order valence-electron chi connectivity index (χ2n) is 6.54. The van der Waals surface area contributed by atoms with Gasteiger partial charge in [-0.05, 0) is 42.0 Å². The van der Waals surface area contributed by atoms with Gasteiger partial charge in [0.25, 0.3) is 11.8 Å². The molecule has 0 unspecified atom stereocenters. The highest BCUT2D eigenvalue weighted by molar-refractivity contribution is 6.45. The number of ether oxygens (including phenoxy) is 2. The van der Waals surface area contributed by atoms with Crippen molar-refractivity contribution in [3.05, 3.63) is 59.3 Å². The number of hydrogen-bond donors (Lipinski definition) is 1. The van der Waals surface area contributed by atoms with E-state index < -0.39 is 11.8 Å². The van der Waals surface area contributed by atoms with Crippen LogP contribution in [-0.2, 0) is 9.59 Å². The van der Waals surface area contributed by atoms with Gasteiger partial charge in [0.1, 0.15) is 5.70 Å². The monoisotopic (exact) mass is 407 g/mol. The fraction of sp³-hybridized carbons (Fsp3) is 0.227. The molecule has 2 aromatic rings. The van der Waals surface area contributed by atoms with Crippen LogP contribution in [0.5, 0.6) is 11.5 Å². The van der Waals surface area contributed by atoms with Crippen LogP contribution < -0.4 is 14.4 Å². The molecule has 0 fully saturated rings. The topological polar surface area (TPSA) is 103 Å². The summed E-state index contributed by atoms with van der Waals surface area (Å²) in [6.45, 7) is -0.0100. The number of imide groups is 1. The maximum atomic E-state index is 13.4. The van der Waals surface area contributed by atoms with E-state index >= 15 is 0 Å². The third-order valence-corrected chi connectivity index (χ3v) is 4.80. The smallest absolute Gasteiger partial charge is 0.282 e. The van der Waals surface area contributed by atoms with Crippen molar-refractivity contribution >= 4 is 23.1 Å². The fourth-order valence-corrected chi connectivity index (χ4v) is 3.31. The van der Waals surface area contributed by atoms with Gasteiger partial charge in [0.15, 0.2) is 11.5 Å². The molecule has 1 heterocycles. The molecule has 0 aliphatic carbocycles. The highest BCUT2D eigenvalue weighted by Gasteiger charge is 2.41. The summed E-state index contributed by atoms with van der Waals surface area (Å²) in [4.78, 5) is 29.2. The molecule has 1 aliphatic heterocycles. The van der Waals surface area contributed by atoms with Gasteiger partial charge in [0, 0.05) is 13.6 Å². The molecule has 0 bridgehead atoms. The molecule has 2 aromatic carbocycles. The molecule has 154 valence electrons. The number of benzene rings is 2. The summed E-state index contributed by atoms with van der Waals surface area (Å²) in [6.07, 6.45) is 0. The van der Waals surface area contributed by atoms with Gasteiger partial charge in [-0.3, -0.25) is 9.59 Å². The summed E-state index contributed by atoms with van der Waals surface area (Å²) in [7, 11) is 4.63. The van der Waals surface area contributed by atoms with Gasteiger partial charge in [-0.15, -0.1) is 0 Å². The van der Waals surface area contributed by atoms with Crippen molar-refractivity contribution in [2.24, 2.45) is 0 Å². The zero-order valence-corrected chi connectivity index (χ0v) is 16.9. The molecule has 30 heavy (non-hydrogen) atoms. The van der Waals surface area contributed by atoms with Crippen molar-refractivity contribution in [2.45, 2.75) is 0 Å². The molecule has 8 heteroatoms. The quantitative estimate of drug-likeness (QED) is 0.698. The molecule has 1 aliphatic rings. The predicted octanol–water partition coefficient (Wildman–Crippen LogP) is 1.78. The lowest BCUT2D eigenvalue weighted by molar-refractivity contribution is -0.120. The predicted molar refractivity (Wildman–Crippen MR) is 110 cm³/mol. The number of aliphatic hydroxyl groups is 1. The average molecular weight is 407 g/mol. The number of hydrogen-bond acceptors (Lipinski definition) is 7. The van der Waals surface area contributed by atoms with Gasteiger partial charge >= 0.3 is 0 Å². The Kier molecular flexibility index (Phi) is 6.04. The van der Waals surface area contributed by atoms with Crippen LogP contribution in [0, 0.1) is 11.3 Å². The van der Waals surface area contributed by atoms with E-state index in [-0.39, 0.29) is 24.4 Å². The highest BCUT2D eigenvalue weighted by atomic mass is 16.5. The fourth-order valence-electron chi connectivity index (χ4n) is 3.31. The highest BCUT2D eigenvalue weighted by Crippen LogP contribution is 2.37. The van der Waals surface area contributed by atoms with Crippen LogP contribution in [0.25, 0.3) is 5.57 Å². The number of nitrogens with zero attached hydrogens (tertiary/aromatic N) is 3. The number of nitriles is 1. The lowest BCUT2D eigenvalue weighted by Gasteiger charge is -2.20. The molecular formula is C22H21N3O5. The molecule has 0 atom stereocenters. The number of carbonyl (C=O) groups excluding carboxylic acids is 2. The second-order valence-corrected chi connectivity index (χ2v) is 6.54. The average Bonchev–Trinajstić information content (AvgIpc) is 3.03. The molecule has 3 rings (SSSR count). The van der Waals surface area contributed by atoms with Crippen molar-refractivity contribution in [1.82, 2.24) is 4.90 Å². The summed E-state index contributed by atoms with van der Waals surface area (Å²) in [6, 6.07) is 13.2. The standard InChI is InChI=1S/C22H21N3O5/c1-24(10-11-26)20-19(15-6-9-17(29-2)18(12-15)30-3)21(27)25(22(20)28)16-7-4-14(13-23)5-8-16/h4-9,12,26H,10-11H2,1-3H3. The van der Waals surface area contributed by atoms with Crippen LogP contribution in [0.4, 0.5) is 5.69 Å². The Balaban J connectivity index is 2.14. The van der Waals surface area contributed by atoms with E-state index in [1.807, 2.05) is 6.07 Å². The van der Waals surface area contributed by atoms with E-state index in [4.69, 9.17) is 14.7 Å². The summed E-state index contributed by atoms with van der Waals surface area (Å²) in [5, 5.41) is 18.4. The molecule has 0 saturated carbocycles. The maximum absolute atomic E-state index is 13.4. The van der Waals surface area contributed by atoms with Gasteiger partial charge in [0.2, 0.25) is 0 Å². The molecule has 1 N–H and O–H groups in total. The first-order chi connectivity index (χ1) is 14.5. The first-order valence-electron chi connectivity index (χ1n) is 9.14. The van der Waals surface area contributed by atoms with Crippen LogP contribution in [0.15, 0.2) is 48.2 Å². The lowest BCUT2D eigenvalue weighted by atomic mass is 10.0. The third kappa shape index (κ3) is 3.58. The molecular weight excluding hydrogens is 386 g/mol. The summed E-state index contributed by atoms with van der Waals surface area (Å²) < 4.78 is 10.6. The second kappa shape index (κ2) is 8.68. The van der Waals surface area contributed by atoms with Crippen LogP contribution in [-0.4, -0.2) is 56.2 Å². The minimum Gasteiger partial charge on any atom is -0.493 e. The first kappa shape index (κ1) is 20.9. The van der Waals surface area contributed by atoms with Crippen LogP contribution in [0.3, 0.4) is 0 Å². The van der Waals surface area contributed by atoms with Gasteiger partial charge in [-0.25, -0.2) is 4.90 Å². The number of aliphatic hydroxyl groups excluding tert-OH is 1. The van der Waals surface area contributed by atoms with Crippen molar-refractivity contribution < 1.29 is 24.2 Å². The number of amides is 2. The first-order valence-corrected chi connectivity index (χ1v) is 9.14. The SMILES string of the molecule is COc1ccc(C2=C(N(C)CCO)C(=O)N(c3ccc(C#N)cc3)C2=O)cc1OC. The Morgan fingerprint density at radius 1 is 1.03 bits per heavy atom. The van der Waals surface area contributed by atoms with Gasteiger partial charge in [-0.2, -0.15) is 5.26 Å². The van der Waals surface area contributed by atoms with Crippen LogP contribution >= 0.6 is 0 Å². The van der Waals surface area contributed by atoms with E-state index in [1.165, 1.54) is 14.2 Å². The Morgan fingerprint density at radius 3 is 2.27 bits per heavy atom. The Bertz CT molecular complexity index is 1050. The largest absolute Gasteiger partial charge is 0.493 e. The van der Waals surface area contributed by atoms with Crippen molar-refractivity contribution in [3.63, 3.8) is 0 Å². The molecule has 0 radical (unpaired) electrons. The zero-order valence-electron chi connectivity index (χ0n) is 16.9. The lowest BCUT2D eigenvalue weighted by Crippen LogP contribution is -2.34. The molecule has 8 nitrogen and oxygen atoms in total. The number of likely N-dealkylation sites (N-methyl/N-ethyl adjacent to an activating group) is 1. The summed E-state index contributed by atoms with van der Waals surface area (Å²) in [5.74, 6) is -0.0984. The van der Waals surface area contributed by atoms with Crippen LogP contribution in [0.2, 0.25) is 0 Å². The van der Waals surface area contributed by atoms with E-state index in [1.54, 1.807) is 54.4 Å². The Morgan fingerprint density at radius 2 is 1.70 bits per heavy atom. The minimum atomic E-state index is -0.509. The number of anilines is 1. The van der Waals surface area contributed by atoms with Crippen LogP contribution in [0.1, 0.15) is 11.1 Å². The van der Waals surface area contributed by atoms with E-state index in [9.17, 15) is 14.7 Å². The Labute approximate surface area is 174 Å². The number of methoxy groups -OCH3 is 2. The zero-order chi connectivity index (χ0) is 21.8. The summed E-state index contributed by atoms with van der Waals surface area (Å²) >= 11 is 0. The van der Waals surface area contributed by atoms with E-state index in [0.717, 1.165) is 4.90 Å². The number of rotatable bonds is 7. The van der Waals surface area contributed by atoms with E-state index in [0.29, 0.717) is 28.3 Å². The van der Waals surface area contributed by atoms with Gasteiger partial charge in [-0.1, -0.05) is 6.07 Å². The minimum absolute atomic E-state index is 0.172. The molecule has 2 amide bonds. The maximum Gasteiger partial charge on any atom is 0.282 e. The van der Waals surface area contributed by atoms with Crippen molar-refractivity contribution in [2.75, 3.05) is 39.3 Å². The van der Waals surface area contributed by atoms with Crippen molar-refractivity contribution in [3.8, 4) is 17.6 Å². The molecule has 0 saturated heterocycles. The normalized spacial score (nSPS) is 13.5. The van der Waals surface area contributed by atoms with Crippen molar-refractivity contribution in [1.29, 1.82) is 5.26 Å². The van der Waals surface area contributed by atoms with Gasteiger partial charge < -0.3 is 19.5 Å². The molecule has 0 spiro atoms. The summed E-state index contributed by atoms with van der Waals surface area (Å²) in [5.41, 5.74) is 1.63. The number of carbonyl (C=O) groups is 2. The van der Waals surface area contributed by atoms with Gasteiger partial charge in [0.05, 0.1) is 43.7 Å². The third-order valence-electron chi connectivity index (χ3n) is 4.80. The Hall–Kier alpha value is -3.83. The molecule has 0 aromatic heterocycles. The van der Waals surface area contributed by atoms with E-state index in [2.05, 4.69) is 0 Å².